The highest BCUT2D eigenvalue weighted by atomic mass is 35.5. The molecule has 16 heavy (non-hydrogen) atoms. The predicted molar refractivity (Wildman–Crippen MR) is 64.5 cm³/mol. The van der Waals surface area contributed by atoms with Crippen LogP contribution < -0.4 is 4.74 Å². The van der Waals surface area contributed by atoms with E-state index in [-0.39, 0.29) is 0 Å². The zero-order valence-electron chi connectivity index (χ0n) is 9.27. The van der Waals surface area contributed by atoms with Gasteiger partial charge in [-0.3, -0.25) is 0 Å². The second-order valence-electron chi connectivity index (χ2n) is 3.45. The first-order chi connectivity index (χ1) is 7.70. The zero-order valence-corrected chi connectivity index (χ0v) is 10.0. The number of rotatable bonds is 3. The third kappa shape index (κ3) is 2.19. The maximum atomic E-state index is 5.84. The molecule has 0 N–H and O–H groups in total. The van der Waals surface area contributed by atoms with Gasteiger partial charge in [-0.2, -0.15) is 5.10 Å². The van der Waals surface area contributed by atoms with Gasteiger partial charge in [0.2, 0.25) is 5.88 Å². The monoisotopic (exact) mass is 236 g/mol. The molecule has 0 radical (unpaired) electrons. The van der Waals surface area contributed by atoms with Crippen LogP contribution in [-0.2, 0) is 0 Å². The van der Waals surface area contributed by atoms with E-state index < -0.39 is 0 Å². The van der Waals surface area contributed by atoms with Crippen LogP contribution in [0.2, 0.25) is 5.02 Å². The lowest BCUT2D eigenvalue weighted by Crippen LogP contribution is -2.02. The molecule has 4 heteroatoms. The standard InChI is InChI=1S/C12H13ClN2O/c1-3-16-12-8-9(2)14-15(12)11-6-4-10(13)5-7-11/h4-8H,3H2,1-2H3. The van der Waals surface area contributed by atoms with Crippen LogP contribution in [0.1, 0.15) is 12.6 Å². The lowest BCUT2D eigenvalue weighted by molar-refractivity contribution is 0.316. The van der Waals surface area contributed by atoms with Crippen molar-refractivity contribution in [2.24, 2.45) is 0 Å². The summed E-state index contributed by atoms with van der Waals surface area (Å²) >= 11 is 5.84. The molecule has 0 fully saturated rings. The van der Waals surface area contributed by atoms with Gasteiger partial charge in [0.15, 0.2) is 0 Å². The van der Waals surface area contributed by atoms with Crippen molar-refractivity contribution in [2.75, 3.05) is 6.61 Å². The first kappa shape index (κ1) is 11.0. The van der Waals surface area contributed by atoms with Crippen LogP contribution in [0.3, 0.4) is 0 Å². The molecule has 0 amide bonds. The quantitative estimate of drug-likeness (QED) is 0.818. The highest BCUT2D eigenvalue weighted by Crippen LogP contribution is 2.20. The van der Waals surface area contributed by atoms with Gasteiger partial charge in [0, 0.05) is 11.1 Å². The van der Waals surface area contributed by atoms with E-state index in [2.05, 4.69) is 5.10 Å². The van der Waals surface area contributed by atoms with Crippen molar-refractivity contribution in [2.45, 2.75) is 13.8 Å². The topological polar surface area (TPSA) is 27.1 Å². The second kappa shape index (κ2) is 4.58. The summed E-state index contributed by atoms with van der Waals surface area (Å²) in [5.41, 5.74) is 1.87. The molecule has 0 aliphatic carbocycles. The zero-order chi connectivity index (χ0) is 11.5. The highest BCUT2D eigenvalue weighted by molar-refractivity contribution is 6.30. The third-order valence-corrected chi connectivity index (χ3v) is 2.41. The molecule has 0 unspecified atom stereocenters. The van der Waals surface area contributed by atoms with Crippen molar-refractivity contribution in [3.8, 4) is 11.6 Å². The van der Waals surface area contributed by atoms with Crippen molar-refractivity contribution in [1.82, 2.24) is 9.78 Å². The Morgan fingerprint density at radius 3 is 2.62 bits per heavy atom. The largest absolute Gasteiger partial charge is 0.478 e. The molecular formula is C12H13ClN2O. The number of benzene rings is 1. The van der Waals surface area contributed by atoms with Gasteiger partial charge in [-0.05, 0) is 38.1 Å². The molecule has 0 atom stereocenters. The molecule has 0 saturated heterocycles. The maximum Gasteiger partial charge on any atom is 0.216 e. The van der Waals surface area contributed by atoms with Gasteiger partial charge < -0.3 is 4.74 Å². The third-order valence-electron chi connectivity index (χ3n) is 2.16. The lowest BCUT2D eigenvalue weighted by Gasteiger charge is -2.07. The molecule has 0 spiro atoms. The fourth-order valence-corrected chi connectivity index (χ4v) is 1.62. The molecular weight excluding hydrogens is 224 g/mol. The molecule has 2 aromatic rings. The van der Waals surface area contributed by atoms with Crippen LogP contribution in [0, 0.1) is 6.92 Å². The van der Waals surface area contributed by atoms with E-state index in [0.717, 1.165) is 17.3 Å². The van der Waals surface area contributed by atoms with Crippen LogP contribution in [-0.4, -0.2) is 16.4 Å². The van der Waals surface area contributed by atoms with Gasteiger partial charge in [0.05, 0.1) is 18.0 Å². The number of hydrogen-bond acceptors (Lipinski definition) is 2. The fourth-order valence-electron chi connectivity index (χ4n) is 1.49. The summed E-state index contributed by atoms with van der Waals surface area (Å²) in [7, 11) is 0. The van der Waals surface area contributed by atoms with E-state index >= 15 is 0 Å². The molecule has 1 heterocycles. The lowest BCUT2D eigenvalue weighted by atomic mass is 10.3. The first-order valence-corrected chi connectivity index (χ1v) is 5.54. The van der Waals surface area contributed by atoms with Gasteiger partial charge >= 0.3 is 0 Å². The van der Waals surface area contributed by atoms with E-state index in [4.69, 9.17) is 16.3 Å². The summed E-state index contributed by atoms with van der Waals surface area (Å²) in [6.07, 6.45) is 0. The average Bonchev–Trinajstić information content (AvgIpc) is 2.61. The van der Waals surface area contributed by atoms with Crippen LogP contribution in [0.15, 0.2) is 30.3 Å². The Balaban J connectivity index is 2.42. The second-order valence-corrected chi connectivity index (χ2v) is 3.88. The van der Waals surface area contributed by atoms with Crippen LogP contribution in [0.4, 0.5) is 0 Å². The molecule has 0 aliphatic heterocycles. The van der Waals surface area contributed by atoms with E-state index in [1.807, 2.05) is 44.2 Å². The van der Waals surface area contributed by atoms with Crippen LogP contribution >= 0.6 is 11.6 Å². The van der Waals surface area contributed by atoms with Crippen LogP contribution in [0.5, 0.6) is 5.88 Å². The molecule has 3 nitrogen and oxygen atoms in total. The molecule has 0 bridgehead atoms. The summed E-state index contributed by atoms with van der Waals surface area (Å²) < 4.78 is 7.28. The SMILES string of the molecule is CCOc1cc(C)nn1-c1ccc(Cl)cc1. The Bertz CT molecular complexity index is 476. The fraction of sp³-hybridized carbons (Fsp3) is 0.250. The molecule has 0 aliphatic rings. The number of hydrogen-bond donors (Lipinski definition) is 0. The Labute approximate surface area is 99.6 Å². The Morgan fingerprint density at radius 1 is 1.31 bits per heavy atom. The van der Waals surface area contributed by atoms with Crippen molar-refractivity contribution < 1.29 is 4.74 Å². The van der Waals surface area contributed by atoms with E-state index in [1.54, 1.807) is 4.68 Å². The number of ether oxygens (including phenoxy) is 1. The molecule has 1 aromatic heterocycles. The first-order valence-electron chi connectivity index (χ1n) is 5.16. The summed E-state index contributed by atoms with van der Waals surface area (Å²) in [6.45, 7) is 4.52. The minimum absolute atomic E-state index is 0.624. The molecule has 0 saturated carbocycles. The van der Waals surface area contributed by atoms with Gasteiger partial charge in [0.1, 0.15) is 0 Å². The van der Waals surface area contributed by atoms with E-state index in [1.165, 1.54) is 0 Å². The molecule has 1 aromatic carbocycles. The Morgan fingerprint density at radius 2 is 2.00 bits per heavy atom. The maximum absolute atomic E-state index is 5.84. The van der Waals surface area contributed by atoms with Gasteiger partial charge in [-0.25, -0.2) is 4.68 Å². The van der Waals surface area contributed by atoms with Crippen LogP contribution in [0.25, 0.3) is 5.69 Å². The van der Waals surface area contributed by atoms with Crippen molar-refractivity contribution in [1.29, 1.82) is 0 Å². The van der Waals surface area contributed by atoms with Gasteiger partial charge in [-0.15, -0.1) is 0 Å². The Hall–Kier alpha value is -1.48. The van der Waals surface area contributed by atoms with E-state index in [9.17, 15) is 0 Å². The number of aromatic nitrogens is 2. The smallest absolute Gasteiger partial charge is 0.216 e. The number of nitrogens with zero attached hydrogens (tertiary/aromatic N) is 2. The van der Waals surface area contributed by atoms with Crippen molar-refractivity contribution in [3.05, 3.63) is 41.0 Å². The molecule has 84 valence electrons. The molecule has 2 rings (SSSR count). The van der Waals surface area contributed by atoms with E-state index in [0.29, 0.717) is 11.6 Å². The van der Waals surface area contributed by atoms with Gasteiger partial charge in [-0.1, -0.05) is 11.6 Å². The minimum Gasteiger partial charge on any atom is -0.478 e. The summed E-state index contributed by atoms with van der Waals surface area (Å²) in [6, 6.07) is 9.42. The summed E-state index contributed by atoms with van der Waals surface area (Å²) in [5.74, 6) is 0.752. The summed E-state index contributed by atoms with van der Waals surface area (Å²) in [4.78, 5) is 0. The van der Waals surface area contributed by atoms with Gasteiger partial charge in [0.25, 0.3) is 0 Å². The minimum atomic E-state index is 0.624. The van der Waals surface area contributed by atoms with Crippen molar-refractivity contribution in [3.63, 3.8) is 0 Å². The van der Waals surface area contributed by atoms with Crippen molar-refractivity contribution >= 4 is 11.6 Å². The normalized spacial score (nSPS) is 10.4. The average molecular weight is 237 g/mol. The highest BCUT2D eigenvalue weighted by Gasteiger charge is 2.07. The number of aryl methyl sites for hydroxylation is 1. The predicted octanol–water partition coefficient (Wildman–Crippen LogP) is 3.23. The number of halogens is 1. The summed E-state index contributed by atoms with van der Waals surface area (Å²) in [5, 5.41) is 5.09. The Kier molecular flexibility index (Phi) is 3.15.